The number of unbranched alkanes of at least 4 members (excludes halogenated alkanes) is 9. The van der Waals surface area contributed by atoms with Gasteiger partial charge in [0.1, 0.15) is 12.7 Å². The third kappa shape index (κ3) is 33.2. The Morgan fingerprint density at radius 3 is 1.88 bits per heavy atom. The minimum atomic E-state index is -4.90. The van der Waals surface area contributed by atoms with Gasteiger partial charge in [0.15, 0.2) is 6.10 Å². The summed E-state index contributed by atoms with van der Waals surface area (Å²) in [6, 6.07) is 0. The van der Waals surface area contributed by atoms with Crippen LogP contribution in [0, 0.1) is 11.8 Å². The molecular weight excluding hydrogens is 870 g/mol. The molecule has 0 aromatic carbocycles. The van der Waals surface area contributed by atoms with Crippen LogP contribution in [-0.2, 0) is 41.8 Å². The lowest BCUT2D eigenvalue weighted by atomic mass is 9.88. The Hall–Kier alpha value is -2.30. The van der Waals surface area contributed by atoms with Gasteiger partial charge in [0.05, 0.1) is 38.1 Å². The number of rotatable bonds is 39. The fraction of sp³-hybridized carbons (Fsp3) is 0.739. The molecule has 1 aliphatic carbocycles. The first-order valence-corrected chi connectivity index (χ1v) is 26.3. The Balaban J connectivity index is 2.54. The van der Waals surface area contributed by atoms with Crippen LogP contribution in [-0.4, -0.2) is 104 Å². The first kappa shape index (κ1) is 59.7. The Bertz CT molecular complexity index is 1480. The van der Waals surface area contributed by atoms with E-state index in [1.807, 2.05) is 6.08 Å². The predicted molar refractivity (Wildman–Crippen MR) is 246 cm³/mol. The Morgan fingerprint density at radius 1 is 0.656 bits per heavy atom. The fourth-order valence-electron chi connectivity index (χ4n) is 6.96. The molecule has 0 heterocycles. The van der Waals surface area contributed by atoms with Gasteiger partial charge in [-0.3, -0.25) is 23.2 Å². The van der Waals surface area contributed by atoms with Gasteiger partial charge < -0.3 is 44.6 Å². The number of carbonyl (C=O) groups excluding carboxylic acids is 2. The SMILES string of the molecule is CC/C=C\C/C=C\C/C=C\C/C=C\CCCCCCC(=O)O[C@H](COC(=O)CCCCCC[C@@H]1[C@@H](/C=C/[C@@H](O)CCCCC)[C@H](O)C[C@@H]1O)COP(=O)(O)OC[C@@H](O)COP(=O)(O)O. The van der Waals surface area contributed by atoms with Crippen molar-refractivity contribution in [3.8, 4) is 0 Å². The van der Waals surface area contributed by atoms with Crippen LogP contribution in [0.4, 0.5) is 0 Å². The van der Waals surface area contributed by atoms with E-state index < -0.39 is 84.5 Å². The first-order chi connectivity index (χ1) is 30.6. The molecule has 1 fully saturated rings. The van der Waals surface area contributed by atoms with Crippen LogP contribution in [0.5, 0.6) is 0 Å². The van der Waals surface area contributed by atoms with Gasteiger partial charge in [0.25, 0.3) is 0 Å². The lowest BCUT2D eigenvalue weighted by Crippen LogP contribution is -2.30. The smallest absolute Gasteiger partial charge is 0.462 e. The molecular formula is C46H80O16P2. The van der Waals surface area contributed by atoms with E-state index in [0.717, 1.165) is 83.5 Å². The lowest BCUT2D eigenvalue weighted by molar-refractivity contribution is -0.161. The molecule has 0 aliphatic heterocycles. The second-order valence-corrected chi connectivity index (χ2v) is 19.0. The van der Waals surface area contributed by atoms with Crippen molar-refractivity contribution >= 4 is 27.6 Å². The summed E-state index contributed by atoms with van der Waals surface area (Å²) >= 11 is 0. The highest BCUT2D eigenvalue weighted by Crippen LogP contribution is 2.44. The summed E-state index contributed by atoms with van der Waals surface area (Å²) < 4.78 is 47.9. The molecule has 0 spiro atoms. The molecule has 1 aliphatic rings. The second-order valence-electron chi connectivity index (χ2n) is 16.3. The Morgan fingerprint density at radius 2 is 1.23 bits per heavy atom. The summed E-state index contributed by atoms with van der Waals surface area (Å²) in [6.07, 6.45) is 31.3. The number of phosphoric acid groups is 2. The molecule has 7 N–H and O–H groups in total. The van der Waals surface area contributed by atoms with Crippen LogP contribution in [0.1, 0.15) is 149 Å². The highest BCUT2D eigenvalue weighted by Gasteiger charge is 2.39. The number of carbonyl (C=O) groups is 2. The third-order valence-electron chi connectivity index (χ3n) is 10.5. The van der Waals surface area contributed by atoms with E-state index in [-0.39, 0.29) is 31.1 Å². The van der Waals surface area contributed by atoms with Gasteiger partial charge in [-0.25, -0.2) is 9.13 Å². The van der Waals surface area contributed by atoms with Crippen LogP contribution in [0.25, 0.3) is 0 Å². The van der Waals surface area contributed by atoms with Gasteiger partial charge in [-0.15, -0.1) is 0 Å². The number of phosphoric ester groups is 2. The molecule has 16 nitrogen and oxygen atoms in total. The Labute approximate surface area is 381 Å². The van der Waals surface area contributed by atoms with Gasteiger partial charge >= 0.3 is 27.6 Å². The molecule has 370 valence electrons. The molecule has 1 saturated carbocycles. The van der Waals surface area contributed by atoms with E-state index in [9.17, 15) is 44.0 Å². The van der Waals surface area contributed by atoms with Crippen LogP contribution in [0.2, 0.25) is 0 Å². The zero-order valence-corrected chi connectivity index (χ0v) is 40.0. The quantitative estimate of drug-likeness (QED) is 0.0132. The highest BCUT2D eigenvalue weighted by atomic mass is 31.2. The number of ether oxygens (including phenoxy) is 2. The molecule has 1 unspecified atom stereocenters. The van der Waals surface area contributed by atoms with Gasteiger partial charge in [-0.1, -0.05) is 126 Å². The van der Waals surface area contributed by atoms with Crippen LogP contribution >= 0.6 is 15.6 Å². The van der Waals surface area contributed by atoms with E-state index in [4.69, 9.17) is 23.8 Å². The number of aliphatic hydroxyl groups is 4. The van der Waals surface area contributed by atoms with Crippen LogP contribution in [0.15, 0.2) is 60.8 Å². The van der Waals surface area contributed by atoms with Gasteiger partial charge in [-0.2, -0.15) is 0 Å². The maximum absolute atomic E-state index is 12.7. The van der Waals surface area contributed by atoms with E-state index in [1.165, 1.54) is 0 Å². The minimum Gasteiger partial charge on any atom is -0.462 e. The molecule has 0 radical (unpaired) electrons. The predicted octanol–water partition coefficient (Wildman–Crippen LogP) is 8.39. The fourth-order valence-corrected chi connectivity index (χ4v) is 8.12. The molecule has 0 bridgehead atoms. The molecule has 64 heavy (non-hydrogen) atoms. The largest absolute Gasteiger partial charge is 0.472 e. The second kappa shape index (κ2) is 36.8. The van der Waals surface area contributed by atoms with Crippen molar-refractivity contribution < 1.29 is 76.9 Å². The van der Waals surface area contributed by atoms with Crippen LogP contribution < -0.4 is 0 Å². The maximum atomic E-state index is 12.7. The molecule has 0 amide bonds. The highest BCUT2D eigenvalue weighted by molar-refractivity contribution is 7.47. The summed E-state index contributed by atoms with van der Waals surface area (Å²) in [6.45, 7) is 1.28. The van der Waals surface area contributed by atoms with Crippen LogP contribution in [0.3, 0.4) is 0 Å². The van der Waals surface area contributed by atoms with Crippen molar-refractivity contribution in [2.45, 2.75) is 179 Å². The average Bonchev–Trinajstić information content (AvgIpc) is 3.51. The van der Waals surface area contributed by atoms with Crippen molar-refractivity contribution in [1.82, 2.24) is 0 Å². The summed E-state index contributed by atoms with van der Waals surface area (Å²) in [5.41, 5.74) is 0. The topological polar surface area (TPSA) is 256 Å². The number of aliphatic hydroxyl groups excluding tert-OH is 4. The van der Waals surface area contributed by atoms with E-state index in [2.05, 4.69) is 71.5 Å². The van der Waals surface area contributed by atoms with Crippen molar-refractivity contribution in [2.75, 3.05) is 26.4 Å². The summed E-state index contributed by atoms with van der Waals surface area (Å²) in [7, 11) is -9.77. The van der Waals surface area contributed by atoms with Gasteiger partial charge in [0.2, 0.25) is 0 Å². The van der Waals surface area contributed by atoms with Crippen molar-refractivity contribution in [2.24, 2.45) is 11.8 Å². The number of allylic oxidation sites excluding steroid dienone is 8. The normalized spacial score (nSPS) is 20.8. The molecule has 0 aromatic rings. The van der Waals surface area contributed by atoms with Gasteiger partial charge in [-0.05, 0) is 70.1 Å². The van der Waals surface area contributed by atoms with Crippen molar-refractivity contribution in [3.63, 3.8) is 0 Å². The lowest BCUT2D eigenvalue weighted by Gasteiger charge is -2.21. The summed E-state index contributed by atoms with van der Waals surface area (Å²) in [4.78, 5) is 53.0. The standard InChI is InChI=1S/C46H80O16P2/c1-3-5-7-8-9-10-11-12-13-14-15-16-17-18-19-20-26-30-46(52)62-40(37-61-64(56,57)60-35-39(48)34-59-63(53,54)55)36-58-45(51)29-25-22-21-24-28-41-42(44(50)33-43(41)49)32-31-38(47)27-23-6-4-2/h5,7,9-10,12-13,15-16,31-32,38-44,47-50H,3-4,6,8,11,14,17-30,33-37H2,1-2H3,(H,56,57)(H2,53,54,55)/b7-5-,10-9-,13-12-,16-15-,32-31+/t38-,39-,40+,41+,42+,43-,44+/m0/s1. The zero-order chi connectivity index (χ0) is 47.5. The number of esters is 2. The summed E-state index contributed by atoms with van der Waals surface area (Å²) in [5, 5.41) is 41.2. The third-order valence-corrected chi connectivity index (χ3v) is 11.9. The molecule has 0 aromatic heterocycles. The molecule has 18 heteroatoms. The Kier molecular flexibility index (Phi) is 34.3. The monoisotopic (exact) mass is 950 g/mol. The summed E-state index contributed by atoms with van der Waals surface area (Å²) in [5.74, 6) is -1.57. The van der Waals surface area contributed by atoms with Crippen molar-refractivity contribution in [3.05, 3.63) is 60.8 Å². The first-order valence-electron chi connectivity index (χ1n) is 23.2. The maximum Gasteiger partial charge on any atom is 0.472 e. The molecule has 0 saturated heterocycles. The van der Waals surface area contributed by atoms with E-state index in [0.29, 0.717) is 32.1 Å². The average molecular weight is 951 g/mol. The zero-order valence-electron chi connectivity index (χ0n) is 38.2. The molecule has 1 rings (SSSR count). The minimum absolute atomic E-state index is 0.0579. The van der Waals surface area contributed by atoms with Crippen molar-refractivity contribution in [1.29, 1.82) is 0 Å². The number of hydrogen-bond donors (Lipinski definition) is 7. The van der Waals surface area contributed by atoms with E-state index >= 15 is 0 Å². The van der Waals surface area contributed by atoms with Gasteiger partial charge in [0, 0.05) is 25.2 Å². The van der Waals surface area contributed by atoms with E-state index in [1.54, 1.807) is 6.08 Å². The number of hydrogen-bond acceptors (Lipinski definition) is 13. The molecule has 8 atom stereocenters.